The van der Waals surface area contributed by atoms with E-state index in [2.05, 4.69) is 44.8 Å². The molecule has 0 aromatic carbocycles. The topological polar surface area (TPSA) is 15.3 Å². The van der Waals surface area contributed by atoms with Gasteiger partial charge in [0.05, 0.1) is 0 Å². The first-order chi connectivity index (χ1) is 9.15. The fraction of sp³-hybridized carbons (Fsp3) is 1.00. The van der Waals surface area contributed by atoms with Crippen LogP contribution in [0.15, 0.2) is 0 Å². The summed E-state index contributed by atoms with van der Waals surface area (Å²) in [4.78, 5) is 2.68. The first kappa shape index (κ1) is 18.9. The summed E-state index contributed by atoms with van der Waals surface area (Å²) in [6.45, 7) is 16.4. The Balaban J connectivity index is 3.79. The van der Waals surface area contributed by atoms with Crippen LogP contribution < -0.4 is 5.32 Å². The van der Waals surface area contributed by atoms with Gasteiger partial charge in [-0.1, -0.05) is 53.9 Å². The zero-order valence-corrected chi connectivity index (χ0v) is 14.2. The normalized spacial score (nSPS) is 12.0. The SMILES string of the molecule is CCCCCCNCCN(CC(C)C)C(CC)CC. The molecule has 19 heavy (non-hydrogen) atoms. The summed E-state index contributed by atoms with van der Waals surface area (Å²) < 4.78 is 0. The molecular formula is C17H38N2. The zero-order chi connectivity index (χ0) is 14.5. The van der Waals surface area contributed by atoms with Gasteiger partial charge in [-0.25, -0.2) is 0 Å². The Morgan fingerprint density at radius 1 is 0.895 bits per heavy atom. The number of rotatable bonds is 13. The van der Waals surface area contributed by atoms with E-state index in [0.29, 0.717) is 0 Å². The number of nitrogens with zero attached hydrogens (tertiary/aromatic N) is 1. The van der Waals surface area contributed by atoms with Gasteiger partial charge in [0.25, 0.3) is 0 Å². The first-order valence-electron chi connectivity index (χ1n) is 8.60. The average Bonchev–Trinajstić information content (AvgIpc) is 2.38. The van der Waals surface area contributed by atoms with Gasteiger partial charge in [0.1, 0.15) is 0 Å². The largest absolute Gasteiger partial charge is 0.315 e. The van der Waals surface area contributed by atoms with Gasteiger partial charge in [0, 0.05) is 25.7 Å². The van der Waals surface area contributed by atoms with Gasteiger partial charge in [0.2, 0.25) is 0 Å². The van der Waals surface area contributed by atoms with Crippen LogP contribution in [0.25, 0.3) is 0 Å². The van der Waals surface area contributed by atoms with Crippen LogP contribution in [0.5, 0.6) is 0 Å². The monoisotopic (exact) mass is 270 g/mol. The number of hydrogen-bond acceptors (Lipinski definition) is 2. The molecule has 0 aliphatic rings. The van der Waals surface area contributed by atoms with Crippen LogP contribution in [0.3, 0.4) is 0 Å². The molecule has 2 heteroatoms. The van der Waals surface area contributed by atoms with E-state index in [4.69, 9.17) is 0 Å². The minimum absolute atomic E-state index is 0.768. The molecular weight excluding hydrogens is 232 g/mol. The Morgan fingerprint density at radius 3 is 2.11 bits per heavy atom. The molecule has 0 heterocycles. The van der Waals surface area contributed by atoms with Gasteiger partial charge >= 0.3 is 0 Å². The van der Waals surface area contributed by atoms with Crippen LogP contribution in [0.4, 0.5) is 0 Å². The van der Waals surface area contributed by atoms with Crippen molar-refractivity contribution in [3.63, 3.8) is 0 Å². The van der Waals surface area contributed by atoms with Crippen molar-refractivity contribution in [1.82, 2.24) is 10.2 Å². The molecule has 0 saturated carbocycles. The standard InChI is InChI=1S/C17H38N2/c1-6-9-10-11-12-18-13-14-19(15-16(4)5)17(7-2)8-3/h16-18H,6-15H2,1-5H3. The molecule has 0 aliphatic heterocycles. The maximum Gasteiger partial charge on any atom is 0.0110 e. The Kier molecular flexibility index (Phi) is 12.9. The maximum atomic E-state index is 3.61. The molecule has 1 N–H and O–H groups in total. The van der Waals surface area contributed by atoms with Crippen molar-refractivity contribution in [3.8, 4) is 0 Å². The second-order valence-corrected chi connectivity index (χ2v) is 6.17. The van der Waals surface area contributed by atoms with Crippen LogP contribution in [0.2, 0.25) is 0 Å². The molecule has 0 atom stereocenters. The predicted molar refractivity (Wildman–Crippen MR) is 87.8 cm³/mol. The number of hydrogen-bond donors (Lipinski definition) is 1. The third-order valence-corrected chi connectivity index (χ3v) is 3.84. The van der Waals surface area contributed by atoms with Crippen LogP contribution in [-0.2, 0) is 0 Å². The fourth-order valence-corrected chi connectivity index (χ4v) is 2.72. The van der Waals surface area contributed by atoms with E-state index < -0.39 is 0 Å². The highest BCUT2D eigenvalue weighted by Crippen LogP contribution is 2.10. The highest BCUT2D eigenvalue weighted by atomic mass is 15.2. The van der Waals surface area contributed by atoms with E-state index in [1.165, 1.54) is 58.2 Å². The zero-order valence-electron chi connectivity index (χ0n) is 14.2. The molecule has 0 aromatic heterocycles. The Morgan fingerprint density at radius 2 is 1.58 bits per heavy atom. The number of unbranched alkanes of at least 4 members (excludes halogenated alkanes) is 3. The molecule has 0 spiro atoms. The lowest BCUT2D eigenvalue weighted by atomic mass is 10.1. The summed E-state index contributed by atoms with van der Waals surface area (Å²) in [5.74, 6) is 0.769. The summed E-state index contributed by atoms with van der Waals surface area (Å²) >= 11 is 0. The third kappa shape index (κ3) is 10.4. The molecule has 0 rings (SSSR count). The molecule has 2 nitrogen and oxygen atoms in total. The molecule has 0 fully saturated rings. The lowest BCUT2D eigenvalue weighted by Gasteiger charge is -2.32. The summed E-state index contributed by atoms with van der Waals surface area (Å²) in [7, 11) is 0. The average molecular weight is 271 g/mol. The Bertz CT molecular complexity index is 176. The Hall–Kier alpha value is -0.0800. The van der Waals surface area contributed by atoms with Crippen LogP contribution in [-0.4, -0.2) is 37.1 Å². The Labute approximate surface area is 122 Å². The second kappa shape index (κ2) is 12.9. The van der Waals surface area contributed by atoms with Crippen molar-refractivity contribution < 1.29 is 0 Å². The molecule has 0 unspecified atom stereocenters. The predicted octanol–water partition coefficient (Wildman–Crippen LogP) is 4.30. The van der Waals surface area contributed by atoms with Crippen molar-refractivity contribution in [2.45, 2.75) is 79.2 Å². The van der Waals surface area contributed by atoms with E-state index in [0.717, 1.165) is 18.5 Å². The minimum atomic E-state index is 0.768. The fourth-order valence-electron chi connectivity index (χ4n) is 2.72. The minimum Gasteiger partial charge on any atom is -0.315 e. The van der Waals surface area contributed by atoms with Crippen LogP contribution in [0.1, 0.15) is 73.1 Å². The van der Waals surface area contributed by atoms with E-state index in [1.807, 2.05) is 0 Å². The van der Waals surface area contributed by atoms with E-state index in [-0.39, 0.29) is 0 Å². The molecule has 0 bridgehead atoms. The summed E-state index contributed by atoms with van der Waals surface area (Å²) in [5.41, 5.74) is 0. The van der Waals surface area contributed by atoms with E-state index >= 15 is 0 Å². The van der Waals surface area contributed by atoms with Crippen molar-refractivity contribution in [3.05, 3.63) is 0 Å². The summed E-state index contributed by atoms with van der Waals surface area (Å²) in [6, 6.07) is 0.768. The van der Waals surface area contributed by atoms with Gasteiger partial charge in [-0.3, -0.25) is 4.90 Å². The van der Waals surface area contributed by atoms with Crippen molar-refractivity contribution in [1.29, 1.82) is 0 Å². The van der Waals surface area contributed by atoms with Crippen LogP contribution >= 0.6 is 0 Å². The van der Waals surface area contributed by atoms with Crippen LogP contribution in [0, 0.1) is 5.92 Å². The highest BCUT2D eigenvalue weighted by Gasteiger charge is 2.15. The third-order valence-electron chi connectivity index (χ3n) is 3.84. The molecule has 0 aromatic rings. The first-order valence-corrected chi connectivity index (χ1v) is 8.60. The molecule has 0 amide bonds. The highest BCUT2D eigenvalue weighted by molar-refractivity contribution is 4.71. The molecule has 0 aliphatic carbocycles. The smallest absolute Gasteiger partial charge is 0.0110 e. The summed E-state index contributed by atoms with van der Waals surface area (Å²) in [6.07, 6.45) is 7.99. The summed E-state index contributed by atoms with van der Waals surface area (Å²) in [5, 5.41) is 3.61. The van der Waals surface area contributed by atoms with Crippen molar-refractivity contribution >= 4 is 0 Å². The van der Waals surface area contributed by atoms with Gasteiger partial charge < -0.3 is 5.32 Å². The number of nitrogens with one attached hydrogen (secondary N) is 1. The lowest BCUT2D eigenvalue weighted by molar-refractivity contribution is 0.166. The maximum absolute atomic E-state index is 3.61. The van der Waals surface area contributed by atoms with E-state index in [9.17, 15) is 0 Å². The molecule has 116 valence electrons. The van der Waals surface area contributed by atoms with Crippen molar-refractivity contribution in [2.24, 2.45) is 5.92 Å². The molecule has 0 radical (unpaired) electrons. The molecule has 0 saturated heterocycles. The van der Waals surface area contributed by atoms with Crippen molar-refractivity contribution in [2.75, 3.05) is 26.2 Å². The van der Waals surface area contributed by atoms with Gasteiger partial charge in [0.15, 0.2) is 0 Å². The lowest BCUT2D eigenvalue weighted by Crippen LogP contribution is -2.41. The van der Waals surface area contributed by atoms with Gasteiger partial charge in [-0.15, -0.1) is 0 Å². The van der Waals surface area contributed by atoms with E-state index in [1.54, 1.807) is 0 Å². The van der Waals surface area contributed by atoms with Gasteiger partial charge in [-0.2, -0.15) is 0 Å². The quantitative estimate of drug-likeness (QED) is 0.502. The second-order valence-electron chi connectivity index (χ2n) is 6.17. The van der Waals surface area contributed by atoms with Gasteiger partial charge in [-0.05, 0) is 31.7 Å².